The Kier molecular flexibility index (Phi) is 5.06. The number of urea groups is 1. The number of hydrogen-bond acceptors (Lipinski definition) is 4. The van der Waals surface area contributed by atoms with E-state index in [1.807, 2.05) is 25.1 Å². The number of non-ortho nitro benzene ring substituents is 1. The molecule has 2 aromatic carbocycles. The minimum Gasteiger partial charge on any atom is -0.495 e. The Hall–Kier alpha value is -3.09. The maximum absolute atomic E-state index is 12.8. The molecule has 2 aromatic rings. The first kappa shape index (κ1) is 17.7. The second kappa shape index (κ2) is 7.43. The predicted molar refractivity (Wildman–Crippen MR) is 98.5 cm³/mol. The number of aryl methyl sites for hydroxylation is 1. The zero-order valence-corrected chi connectivity index (χ0v) is 14.8. The van der Waals surface area contributed by atoms with Crippen molar-refractivity contribution in [1.29, 1.82) is 0 Å². The highest BCUT2D eigenvalue weighted by Crippen LogP contribution is 2.34. The van der Waals surface area contributed by atoms with Crippen molar-refractivity contribution in [3.63, 3.8) is 0 Å². The second-order valence-corrected chi connectivity index (χ2v) is 6.34. The van der Waals surface area contributed by atoms with Gasteiger partial charge in [-0.05, 0) is 31.4 Å². The summed E-state index contributed by atoms with van der Waals surface area (Å²) >= 11 is 0. The first-order valence-corrected chi connectivity index (χ1v) is 8.46. The molecule has 1 fully saturated rings. The van der Waals surface area contributed by atoms with Gasteiger partial charge in [0.15, 0.2) is 0 Å². The van der Waals surface area contributed by atoms with Gasteiger partial charge in [-0.3, -0.25) is 10.1 Å². The fourth-order valence-corrected chi connectivity index (χ4v) is 3.33. The molecule has 0 saturated carbocycles. The lowest BCUT2D eigenvalue weighted by Gasteiger charge is -2.26. The molecule has 7 heteroatoms. The molecule has 0 aliphatic carbocycles. The molecule has 26 heavy (non-hydrogen) atoms. The van der Waals surface area contributed by atoms with Gasteiger partial charge >= 0.3 is 6.03 Å². The van der Waals surface area contributed by atoms with E-state index in [1.54, 1.807) is 4.90 Å². The van der Waals surface area contributed by atoms with Crippen LogP contribution in [0.2, 0.25) is 0 Å². The van der Waals surface area contributed by atoms with E-state index in [9.17, 15) is 14.9 Å². The third kappa shape index (κ3) is 3.61. The van der Waals surface area contributed by atoms with Crippen molar-refractivity contribution in [2.24, 2.45) is 0 Å². The topological polar surface area (TPSA) is 84.7 Å². The van der Waals surface area contributed by atoms with Gasteiger partial charge in [0.2, 0.25) is 0 Å². The van der Waals surface area contributed by atoms with Gasteiger partial charge in [-0.1, -0.05) is 29.8 Å². The van der Waals surface area contributed by atoms with Crippen molar-refractivity contribution in [2.75, 3.05) is 19.0 Å². The van der Waals surface area contributed by atoms with Crippen molar-refractivity contribution in [3.8, 4) is 5.75 Å². The molecular weight excluding hydrogens is 334 g/mol. The van der Waals surface area contributed by atoms with E-state index < -0.39 is 4.92 Å². The van der Waals surface area contributed by atoms with E-state index in [1.165, 1.54) is 25.3 Å². The van der Waals surface area contributed by atoms with Crippen LogP contribution in [0.1, 0.15) is 30.0 Å². The molecule has 1 atom stereocenters. The molecule has 1 aliphatic heterocycles. The number of nitrogens with zero attached hydrogens (tertiary/aromatic N) is 2. The van der Waals surface area contributed by atoms with Gasteiger partial charge in [-0.15, -0.1) is 0 Å². The van der Waals surface area contributed by atoms with E-state index >= 15 is 0 Å². The SMILES string of the molecule is COc1ccc([N+](=O)[O-])cc1NC(=O)N1CCC[C@@H]1c1cccc(C)c1. The fraction of sp³-hybridized carbons (Fsp3) is 0.316. The molecule has 1 saturated heterocycles. The summed E-state index contributed by atoms with van der Waals surface area (Å²) in [5.74, 6) is 0.384. The van der Waals surface area contributed by atoms with Crippen LogP contribution in [0.4, 0.5) is 16.2 Å². The summed E-state index contributed by atoms with van der Waals surface area (Å²) in [7, 11) is 1.46. The minimum atomic E-state index is -0.500. The largest absolute Gasteiger partial charge is 0.495 e. The normalized spacial score (nSPS) is 16.4. The number of carbonyl (C=O) groups excluding carboxylic acids is 1. The summed E-state index contributed by atoms with van der Waals surface area (Å²) in [6.07, 6.45) is 1.81. The third-order valence-electron chi connectivity index (χ3n) is 4.58. The monoisotopic (exact) mass is 355 g/mol. The Labute approximate surface area is 151 Å². The molecule has 0 unspecified atom stereocenters. The lowest BCUT2D eigenvalue weighted by molar-refractivity contribution is -0.384. The number of ether oxygens (including phenoxy) is 1. The summed E-state index contributed by atoms with van der Waals surface area (Å²) < 4.78 is 5.21. The zero-order chi connectivity index (χ0) is 18.7. The van der Waals surface area contributed by atoms with Gasteiger partial charge in [0.1, 0.15) is 5.75 Å². The first-order valence-electron chi connectivity index (χ1n) is 8.46. The molecule has 0 aromatic heterocycles. The summed E-state index contributed by atoms with van der Waals surface area (Å²) in [6.45, 7) is 2.67. The summed E-state index contributed by atoms with van der Waals surface area (Å²) in [6, 6.07) is 12.0. The number of carbonyl (C=O) groups is 1. The fourth-order valence-electron chi connectivity index (χ4n) is 3.33. The average Bonchev–Trinajstić information content (AvgIpc) is 3.11. The summed E-state index contributed by atoms with van der Waals surface area (Å²) in [5.41, 5.74) is 2.44. The number of likely N-dealkylation sites (tertiary alicyclic amines) is 1. The number of nitro benzene ring substituents is 1. The number of amides is 2. The number of nitrogens with one attached hydrogen (secondary N) is 1. The van der Waals surface area contributed by atoms with Crippen molar-refractivity contribution >= 4 is 17.4 Å². The van der Waals surface area contributed by atoms with Crippen molar-refractivity contribution in [1.82, 2.24) is 4.90 Å². The zero-order valence-electron chi connectivity index (χ0n) is 14.8. The molecule has 3 rings (SSSR count). The maximum atomic E-state index is 12.8. The standard InChI is InChI=1S/C19H21N3O4/c1-13-5-3-6-14(11-13)17-7-4-10-21(17)19(23)20-16-12-15(22(24)25)8-9-18(16)26-2/h3,5-6,8-9,11-12,17H,4,7,10H2,1-2H3,(H,20,23)/t17-/m1/s1. The molecule has 1 aliphatic rings. The average molecular weight is 355 g/mol. The number of rotatable bonds is 4. The molecule has 0 bridgehead atoms. The molecular formula is C19H21N3O4. The van der Waals surface area contributed by atoms with E-state index in [0.717, 1.165) is 24.0 Å². The lowest BCUT2D eigenvalue weighted by atomic mass is 10.0. The summed E-state index contributed by atoms with van der Waals surface area (Å²) in [4.78, 5) is 25.1. The van der Waals surface area contributed by atoms with Crippen LogP contribution in [0.25, 0.3) is 0 Å². The van der Waals surface area contributed by atoms with Gasteiger partial charge in [0, 0.05) is 18.7 Å². The highest BCUT2D eigenvalue weighted by atomic mass is 16.6. The van der Waals surface area contributed by atoms with Crippen LogP contribution in [0.5, 0.6) is 5.75 Å². The third-order valence-corrected chi connectivity index (χ3v) is 4.58. The summed E-state index contributed by atoms with van der Waals surface area (Å²) in [5, 5.41) is 13.8. The minimum absolute atomic E-state index is 0.000377. The maximum Gasteiger partial charge on any atom is 0.322 e. The highest BCUT2D eigenvalue weighted by molar-refractivity contribution is 5.92. The van der Waals surface area contributed by atoms with Crippen molar-refractivity contribution in [2.45, 2.75) is 25.8 Å². The Balaban J connectivity index is 1.83. The van der Waals surface area contributed by atoms with Crippen LogP contribution in [0, 0.1) is 17.0 Å². The first-order chi connectivity index (χ1) is 12.5. The van der Waals surface area contributed by atoms with Crippen molar-refractivity contribution < 1.29 is 14.5 Å². The number of nitro groups is 1. The van der Waals surface area contributed by atoms with Crippen LogP contribution >= 0.6 is 0 Å². The van der Waals surface area contributed by atoms with Gasteiger partial charge in [-0.25, -0.2) is 4.79 Å². The number of methoxy groups -OCH3 is 1. The second-order valence-electron chi connectivity index (χ2n) is 6.34. The smallest absolute Gasteiger partial charge is 0.322 e. The molecule has 1 heterocycles. The van der Waals surface area contributed by atoms with E-state index in [0.29, 0.717) is 18.0 Å². The number of benzene rings is 2. The van der Waals surface area contributed by atoms with E-state index in [-0.39, 0.29) is 17.8 Å². The Morgan fingerprint density at radius 2 is 2.12 bits per heavy atom. The van der Waals surface area contributed by atoms with Gasteiger partial charge in [-0.2, -0.15) is 0 Å². The van der Waals surface area contributed by atoms with E-state index in [4.69, 9.17) is 4.74 Å². The van der Waals surface area contributed by atoms with Gasteiger partial charge in [0.25, 0.3) is 5.69 Å². The quantitative estimate of drug-likeness (QED) is 0.655. The number of hydrogen-bond donors (Lipinski definition) is 1. The molecule has 136 valence electrons. The Morgan fingerprint density at radius 1 is 1.31 bits per heavy atom. The van der Waals surface area contributed by atoms with Crippen LogP contribution in [0.3, 0.4) is 0 Å². The van der Waals surface area contributed by atoms with Gasteiger partial charge in [0.05, 0.1) is 23.8 Å². The molecule has 0 radical (unpaired) electrons. The van der Waals surface area contributed by atoms with Crippen LogP contribution < -0.4 is 10.1 Å². The highest BCUT2D eigenvalue weighted by Gasteiger charge is 2.30. The number of anilines is 1. The predicted octanol–water partition coefficient (Wildman–Crippen LogP) is 4.28. The van der Waals surface area contributed by atoms with Crippen LogP contribution in [-0.4, -0.2) is 29.5 Å². The Morgan fingerprint density at radius 3 is 2.81 bits per heavy atom. The molecule has 0 spiro atoms. The molecule has 2 amide bonds. The lowest BCUT2D eigenvalue weighted by Crippen LogP contribution is -2.34. The Bertz CT molecular complexity index is 837. The molecule has 1 N–H and O–H groups in total. The van der Waals surface area contributed by atoms with Gasteiger partial charge < -0.3 is 15.0 Å². The van der Waals surface area contributed by atoms with Crippen LogP contribution in [-0.2, 0) is 0 Å². The van der Waals surface area contributed by atoms with Crippen molar-refractivity contribution in [3.05, 3.63) is 63.7 Å². The van der Waals surface area contributed by atoms with Crippen LogP contribution in [0.15, 0.2) is 42.5 Å². The van der Waals surface area contributed by atoms with E-state index in [2.05, 4.69) is 11.4 Å². The molecule has 7 nitrogen and oxygen atoms in total.